The Labute approximate surface area is 113 Å². The lowest BCUT2D eigenvalue weighted by atomic mass is 10.1. The average Bonchev–Trinajstić information content (AvgIpc) is 2.42. The van der Waals surface area contributed by atoms with Crippen molar-refractivity contribution in [3.8, 4) is 11.1 Å². The van der Waals surface area contributed by atoms with Crippen LogP contribution < -0.4 is 5.43 Å². The minimum atomic E-state index is -3.32. The normalized spacial score (nSPS) is 11.6. The number of hydrogen-bond donors (Lipinski definition) is 0. The summed E-state index contributed by atoms with van der Waals surface area (Å²) in [6.45, 7) is -0.710. The molecule has 0 bridgehead atoms. The molecule has 2 aromatic rings. The number of pyridine rings is 1. The van der Waals surface area contributed by atoms with Crippen LogP contribution in [0.25, 0.3) is 11.1 Å². The average molecular weight is 283 g/mol. The van der Waals surface area contributed by atoms with Crippen LogP contribution in [0, 0.1) is 5.82 Å². The molecule has 1 aromatic carbocycles. The maximum atomic E-state index is 13.2. The molecule has 3 nitrogen and oxygen atoms in total. The highest BCUT2D eigenvalue weighted by molar-refractivity contribution is 5.61. The summed E-state index contributed by atoms with van der Waals surface area (Å²) < 4.78 is 44.4. The molecule has 0 radical (unpaired) electrons. The molecule has 0 fully saturated rings. The number of methoxy groups -OCH3 is 1. The number of hydrogen-bond acceptors (Lipinski definition) is 2. The molecule has 0 N–H and O–H groups in total. The molecule has 0 spiro atoms. The third-order valence-corrected chi connectivity index (χ3v) is 2.80. The number of benzene rings is 1. The topological polar surface area (TPSA) is 31.2 Å². The van der Waals surface area contributed by atoms with E-state index in [1.165, 1.54) is 42.7 Å². The molecule has 0 atom stereocenters. The van der Waals surface area contributed by atoms with E-state index in [1.807, 2.05) is 0 Å². The molecule has 2 rings (SSSR count). The second kappa shape index (κ2) is 5.50. The maximum absolute atomic E-state index is 13.2. The lowest BCUT2D eigenvalue weighted by molar-refractivity contribution is -0.229. The fourth-order valence-corrected chi connectivity index (χ4v) is 1.75. The SMILES string of the molecule is COC(F)(F)Cn1ccc(=O)c(-c2ccc(F)cc2)c1. The highest BCUT2D eigenvalue weighted by Gasteiger charge is 2.28. The van der Waals surface area contributed by atoms with Crippen molar-refractivity contribution in [1.82, 2.24) is 4.57 Å². The van der Waals surface area contributed by atoms with Gasteiger partial charge < -0.3 is 9.30 Å². The van der Waals surface area contributed by atoms with Crippen LogP contribution in [0.1, 0.15) is 0 Å². The monoisotopic (exact) mass is 283 g/mol. The van der Waals surface area contributed by atoms with E-state index in [-0.39, 0.29) is 11.0 Å². The summed E-state index contributed by atoms with van der Waals surface area (Å²) in [5, 5.41) is 0. The Bertz CT molecular complexity index is 650. The maximum Gasteiger partial charge on any atom is 0.373 e. The third kappa shape index (κ3) is 3.27. The van der Waals surface area contributed by atoms with Gasteiger partial charge in [-0.2, -0.15) is 8.78 Å². The van der Waals surface area contributed by atoms with Crippen LogP contribution in [0.4, 0.5) is 13.2 Å². The number of alkyl halides is 2. The number of ether oxygens (including phenoxy) is 1. The van der Waals surface area contributed by atoms with Crippen LogP contribution in [0.2, 0.25) is 0 Å². The highest BCUT2D eigenvalue weighted by atomic mass is 19.3. The van der Waals surface area contributed by atoms with E-state index in [0.29, 0.717) is 5.56 Å². The molecule has 6 heteroatoms. The first-order chi connectivity index (χ1) is 9.41. The summed E-state index contributed by atoms with van der Waals surface area (Å²) in [5.41, 5.74) is 0.361. The standard InChI is InChI=1S/C14H12F3NO2/c1-20-14(16,17)9-18-7-6-13(19)12(8-18)10-2-4-11(15)5-3-10/h2-8H,9H2,1H3. The number of aromatic nitrogens is 1. The smallest absolute Gasteiger partial charge is 0.345 e. The third-order valence-electron chi connectivity index (χ3n) is 2.80. The van der Waals surface area contributed by atoms with Gasteiger partial charge in [0.25, 0.3) is 0 Å². The van der Waals surface area contributed by atoms with Gasteiger partial charge in [0, 0.05) is 31.1 Å². The molecule has 20 heavy (non-hydrogen) atoms. The zero-order chi connectivity index (χ0) is 14.8. The molecule has 0 saturated heterocycles. The number of rotatable bonds is 4. The van der Waals surface area contributed by atoms with Crippen molar-refractivity contribution in [3.05, 3.63) is 58.8 Å². The largest absolute Gasteiger partial charge is 0.373 e. The molecule has 0 aliphatic carbocycles. The van der Waals surface area contributed by atoms with Crippen LogP contribution in [0.5, 0.6) is 0 Å². The van der Waals surface area contributed by atoms with Crippen LogP contribution in [-0.4, -0.2) is 17.8 Å². The van der Waals surface area contributed by atoms with Gasteiger partial charge in [-0.25, -0.2) is 4.39 Å². The molecule has 0 aliphatic heterocycles. The zero-order valence-corrected chi connectivity index (χ0v) is 10.6. The predicted octanol–water partition coefficient (Wildman–Crippen LogP) is 2.89. The molecule has 106 valence electrons. The van der Waals surface area contributed by atoms with E-state index in [4.69, 9.17) is 0 Å². The Morgan fingerprint density at radius 3 is 2.45 bits per heavy atom. The van der Waals surface area contributed by atoms with Crippen LogP contribution in [0.3, 0.4) is 0 Å². The van der Waals surface area contributed by atoms with Gasteiger partial charge in [0.05, 0.1) is 0 Å². The van der Waals surface area contributed by atoms with Gasteiger partial charge in [-0.3, -0.25) is 4.79 Å². The van der Waals surface area contributed by atoms with E-state index in [2.05, 4.69) is 4.74 Å². The fourth-order valence-electron chi connectivity index (χ4n) is 1.75. The Hall–Kier alpha value is -2.08. The Balaban J connectivity index is 2.39. The van der Waals surface area contributed by atoms with E-state index >= 15 is 0 Å². The number of halogens is 3. The van der Waals surface area contributed by atoms with Gasteiger partial charge >= 0.3 is 6.11 Å². The summed E-state index contributed by atoms with van der Waals surface area (Å²) in [7, 11) is 0.906. The first-order valence-electron chi connectivity index (χ1n) is 5.80. The van der Waals surface area contributed by atoms with Crippen molar-refractivity contribution in [2.24, 2.45) is 0 Å². The summed E-state index contributed by atoms with van der Waals surface area (Å²) >= 11 is 0. The van der Waals surface area contributed by atoms with Crippen molar-refractivity contribution in [2.75, 3.05) is 7.11 Å². The van der Waals surface area contributed by atoms with Gasteiger partial charge in [-0.05, 0) is 17.7 Å². The Kier molecular flexibility index (Phi) is 3.94. The molecule has 1 aromatic heterocycles. The second-order valence-electron chi connectivity index (χ2n) is 4.24. The van der Waals surface area contributed by atoms with Crippen molar-refractivity contribution in [1.29, 1.82) is 0 Å². The molecule has 1 heterocycles. The summed E-state index contributed by atoms with van der Waals surface area (Å²) in [6, 6.07) is 6.44. The Morgan fingerprint density at radius 2 is 1.85 bits per heavy atom. The van der Waals surface area contributed by atoms with E-state index in [0.717, 1.165) is 11.7 Å². The fraction of sp³-hybridized carbons (Fsp3) is 0.214. The van der Waals surface area contributed by atoms with Crippen LogP contribution in [-0.2, 0) is 11.3 Å². The van der Waals surface area contributed by atoms with E-state index in [9.17, 15) is 18.0 Å². The van der Waals surface area contributed by atoms with Gasteiger partial charge in [-0.1, -0.05) is 12.1 Å². The molecule has 0 amide bonds. The molecular formula is C14H12F3NO2. The van der Waals surface area contributed by atoms with Gasteiger partial charge in [-0.15, -0.1) is 0 Å². The zero-order valence-electron chi connectivity index (χ0n) is 10.6. The van der Waals surface area contributed by atoms with Crippen LogP contribution in [0.15, 0.2) is 47.5 Å². The minimum absolute atomic E-state index is 0.222. The first-order valence-corrected chi connectivity index (χ1v) is 5.80. The summed E-state index contributed by atoms with van der Waals surface area (Å²) in [5.74, 6) is -0.434. The second-order valence-corrected chi connectivity index (χ2v) is 4.24. The molecule has 0 saturated carbocycles. The Morgan fingerprint density at radius 1 is 1.20 bits per heavy atom. The van der Waals surface area contributed by atoms with E-state index in [1.54, 1.807) is 0 Å². The van der Waals surface area contributed by atoms with Crippen LogP contribution >= 0.6 is 0 Å². The highest BCUT2D eigenvalue weighted by Crippen LogP contribution is 2.19. The molecule has 0 unspecified atom stereocenters. The molecular weight excluding hydrogens is 271 g/mol. The van der Waals surface area contributed by atoms with Crippen molar-refractivity contribution in [3.63, 3.8) is 0 Å². The van der Waals surface area contributed by atoms with Crippen molar-refractivity contribution in [2.45, 2.75) is 12.7 Å². The lowest BCUT2D eigenvalue weighted by Gasteiger charge is -2.16. The molecule has 0 aliphatic rings. The number of nitrogens with zero attached hydrogens (tertiary/aromatic N) is 1. The lowest BCUT2D eigenvalue weighted by Crippen LogP contribution is -2.26. The van der Waals surface area contributed by atoms with Crippen molar-refractivity contribution < 1.29 is 17.9 Å². The van der Waals surface area contributed by atoms with Gasteiger partial charge in [0.2, 0.25) is 0 Å². The predicted molar refractivity (Wildman–Crippen MR) is 68.1 cm³/mol. The minimum Gasteiger partial charge on any atom is -0.345 e. The summed E-state index contributed by atoms with van der Waals surface area (Å²) in [6.07, 6.45) is -0.778. The van der Waals surface area contributed by atoms with Crippen molar-refractivity contribution >= 4 is 0 Å². The first kappa shape index (κ1) is 14.3. The van der Waals surface area contributed by atoms with E-state index < -0.39 is 18.5 Å². The van der Waals surface area contributed by atoms with Gasteiger partial charge in [0.1, 0.15) is 12.4 Å². The summed E-state index contributed by atoms with van der Waals surface area (Å²) in [4.78, 5) is 11.8. The quantitative estimate of drug-likeness (QED) is 0.864. The van der Waals surface area contributed by atoms with Gasteiger partial charge in [0.15, 0.2) is 5.43 Å².